The molecule has 0 atom stereocenters. The van der Waals surface area contributed by atoms with Gasteiger partial charge in [0, 0.05) is 19.7 Å². The highest BCUT2D eigenvalue weighted by Gasteiger charge is 2.00. The summed E-state index contributed by atoms with van der Waals surface area (Å²) in [5.41, 5.74) is 8.10. The number of aliphatic hydroxyl groups excluding tert-OH is 1. The predicted octanol–water partition coefficient (Wildman–Crippen LogP) is 2.13. The highest BCUT2D eigenvalue weighted by molar-refractivity contribution is 5.22. The number of benzene rings is 1. The molecule has 0 amide bonds. The van der Waals surface area contributed by atoms with E-state index in [2.05, 4.69) is 36.2 Å². The molecule has 0 saturated carbocycles. The van der Waals surface area contributed by atoms with Crippen molar-refractivity contribution >= 4 is 0 Å². The van der Waals surface area contributed by atoms with Gasteiger partial charge >= 0.3 is 0 Å². The minimum absolute atomic E-state index is 0.323. The number of aliphatic hydroxyl groups is 1. The van der Waals surface area contributed by atoms with Gasteiger partial charge in [-0.3, -0.25) is 0 Å². The zero-order valence-corrected chi connectivity index (χ0v) is 11.4. The molecule has 102 valence electrons. The lowest BCUT2D eigenvalue weighted by Crippen LogP contribution is -2.19. The van der Waals surface area contributed by atoms with Crippen LogP contribution in [-0.2, 0) is 13.1 Å². The third kappa shape index (κ3) is 6.15. The Labute approximate surface area is 111 Å². The third-order valence-corrected chi connectivity index (χ3v) is 3.16. The number of hydrogen-bond donors (Lipinski definition) is 2. The zero-order chi connectivity index (χ0) is 13.2. The van der Waals surface area contributed by atoms with Crippen LogP contribution in [0.5, 0.6) is 0 Å². The number of nitrogens with zero attached hydrogens (tertiary/aromatic N) is 1. The van der Waals surface area contributed by atoms with Crippen LogP contribution in [0.4, 0.5) is 0 Å². The van der Waals surface area contributed by atoms with E-state index in [-0.39, 0.29) is 0 Å². The maximum Gasteiger partial charge on any atom is 0.0431 e. The Morgan fingerprint density at radius 1 is 1.00 bits per heavy atom. The molecule has 3 heteroatoms. The van der Waals surface area contributed by atoms with E-state index in [4.69, 9.17) is 10.8 Å². The van der Waals surface area contributed by atoms with E-state index >= 15 is 0 Å². The predicted molar refractivity (Wildman–Crippen MR) is 76.2 cm³/mol. The van der Waals surface area contributed by atoms with Crippen LogP contribution in [0.1, 0.15) is 36.8 Å². The van der Waals surface area contributed by atoms with Crippen LogP contribution < -0.4 is 5.73 Å². The van der Waals surface area contributed by atoms with Crippen molar-refractivity contribution in [1.29, 1.82) is 0 Å². The van der Waals surface area contributed by atoms with Gasteiger partial charge in [0.1, 0.15) is 0 Å². The minimum atomic E-state index is 0.323. The summed E-state index contributed by atoms with van der Waals surface area (Å²) in [6, 6.07) is 8.52. The molecule has 0 aromatic heterocycles. The van der Waals surface area contributed by atoms with Crippen molar-refractivity contribution in [2.24, 2.45) is 5.73 Å². The third-order valence-electron chi connectivity index (χ3n) is 3.16. The fourth-order valence-corrected chi connectivity index (χ4v) is 2.02. The van der Waals surface area contributed by atoms with Crippen molar-refractivity contribution in [3.05, 3.63) is 35.4 Å². The first kappa shape index (κ1) is 15.2. The molecule has 0 aliphatic heterocycles. The topological polar surface area (TPSA) is 49.5 Å². The molecule has 1 aromatic carbocycles. The summed E-state index contributed by atoms with van der Waals surface area (Å²) in [4.78, 5) is 2.34. The van der Waals surface area contributed by atoms with Gasteiger partial charge in [-0.2, -0.15) is 0 Å². The average Bonchev–Trinajstić information content (AvgIpc) is 2.39. The highest BCUT2D eigenvalue weighted by atomic mass is 16.2. The van der Waals surface area contributed by atoms with Crippen LogP contribution in [0.15, 0.2) is 24.3 Å². The van der Waals surface area contributed by atoms with Crippen molar-refractivity contribution in [3.63, 3.8) is 0 Å². The Morgan fingerprint density at radius 3 is 2.22 bits per heavy atom. The molecule has 0 radical (unpaired) electrons. The highest BCUT2D eigenvalue weighted by Crippen LogP contribution is 2.07. The van der Waals surface area contributed by atoms with Gasteiger partial charge in [-0.05, 0) is 37.6 Å². The molecule has 0 heterocycles. The largest absolute Gasteiger partial charge is 0.396 e. The summed E-state index contributed by atoms with van der Waals surface area (Å²) in [7, 11) is 2.16. The molecule has 18 heavy (non-hydrogen) atoms. The minimum Gasteiger partial charge on any atom is -0.396 e. The normalized spacial score (nSPS) is 11.1. The molecular weight excluding hydrogens is 224 g/mol. The van der Waals surface area contributed by atoms with E-state index in [1.807, 2.05) is 0 Å². The smallest absolute Gasteiger partial charge is 0.0431 e. The second-order valence-corrected chi connectivity index (χ2v) is 4.90. The van der Waals surface area contributed by atoms with Gasteiger partial charge in [-0.15, -0.1) is 0 Å². The van der Waals surface area contributed by atoms with Crippen LogP contribution in [0, 0.1) is 0 Å². The lowest BCUT2D eigenvalue weighted by molar-refractivity contribution is 0.277. The quantitative estimate of drug-likeness (QED) is 0.660. The molecule has 3 nitrogen and oxygen atoms in total. The molecular formula is C15H26N2O. The Bertz CT molecular complexity index is 311. The first-order chi connectivity index (χ1) is 8.76. The van der Waals surface area contributed by atoms with Gasteiger partial charge in [0.05, 0.1) is 0 Å². The SMILES string of the molecule is CN(CCCCCCO)Cc1ccc(CN)cc1. The Hall–Kier alpha value is -0.900. The van der Waals surface area contributed by atoms with Gasteiger partial charge in [-0.1, -0.05) is 37.1 Å². The Morgan fingerprint density at radius 2 is 1.61 bits per heavy atom. The van der Waals surface area contributed by atoms with E-state index in [0.29, 0.717) is 13.2 Å². The molecule has 3 N–H and O–H groups in total. The standard InChI is InChI=1S/C15H26N2O/c1-17(10-4-2-3-5-11-18)13-15-8-6-14(12-16)7-9-15/h6-9,18H,2-5,10-13,16H2,1H3. The van der Waals surface area contributed by atoms with Gasteiger partial charge in [0.2, 0.25) is 0 Å². The summed E-state index contributed by atoms with van der Waals surface area (Å²) in [5, 5.41) is 8.69. The summed E-state index contributed by atoms with van der Waals surface area (Å²) in [5.74, 6) is 0. The fourth-order valence-electron chi connectivity index (χ4n) is 2.02. The number of nitrogens with two attached hydrogens (primary N) is 1. The summed E-state index contributed by atoms with van der Waals surface area (Å²) < 4.78 is 0. The number of hydrogen-bond acceptors (Lipinski definition) is 3. The van der Waals surface area contributed by atoms with Gasteiger partial charge in [0.25, 0.3) is 0 Å². The molecule has 1 rings (SSSR count). The summed E-state index contributed by atoms with van der Waals surface area (Å²) in [6.45, 7) is 3.04. The average molecular weight is 250 g/mol. The van der Waals surface area contributed by atoms with E-state index in [1.54, 1.807) is 0 Å². The van der Waals surface area contributed by atoms with E-state index in [1.165, 1.54) is 24.0 Å². The molecule has 0 aliphatic rings. The van der Waals surface area contributed by atoms with Crippen molar-refractivity contribution in [2.45, 2.75) is 38.8 Å². The molecule has 0 unspecified atom stereocenters. The Balaban J connectivity index is 2.20. The summed E-state index contributed by atoms with van der Waals surface area (Å²) >= 11 is 0. The van der Waals surface area contributed by atoms with Crippen LogP contribution in [0.25, 0.3) is 0 Å². The van der Waals surface area contributed by atoms with Crippen molar-refractivity contribution in [1.82, 2.24) is 4.90 Å². The molecule has 1 aromatic rings. The lowest BCUT2D eigenvalue weighted by Gasteiger charge is -2.16. The maximum atomic E-state index is 8.69. The Kier molecular flexibility index (Phi) is 7.65. The van der Waals surface area contributed by atoms with Crippen molar-refractivity contribution < 1.29 is 5.11 Å². The fraction of sp³-hybridized carbons (Fsp3) is 0.600. The number of rotatable bonds is 9. The van der Waals surface area contributed by atoms with Gasteiger partial charge in [-0.25, -0.2) is 0 Å². The monoisotopic (exact) mass is 250 g/mol. The van der Waals surface area contributed by atoms with Crippen molar-refractivity contribution in [2.75, 3.05) is 20.2 Å². The van der Waals surface area contributed by atoms with E-state index in [0.717, 1.165) is 25.9 Å². The van der Waals surface area contributed by atoms with Gasteiger partial charge < -0.3 is 15.7 Å². The maximum absolute atomic E-state index is 8.69. The van der Waals surface area contributed by atoms with Crippen LogP contribution in [-0.4, -0.2) is 30.2 Å². The number of unbranched alkanes of at least 4 members (excludes halogenated alkanes) is 3. The van der Waals surface area contributed by atoms with Crippen LogP contribution in [0.2, 0.25) is 0 Å². The first-order valence-electron chi connectivity index (χ1n) is 6.83. The molecule has 0 aliphatic carbocycles. The molecule has 0 fully saturated rings. The van der Waals surface area contributed by atoms with Gasteiger partial charge in [0.15, 0.2) is 0 Å². The summed E-state index contributed by atoms with van der Waals surface area (Å²) in [6.07, 6.45) is 4.48. The molecule has 0 bridgehead atoms. The zero-order valence-electron chi connectivity index (χ0n) is 11.4. The lowest BCUT2D eigenvalue weighted by atomic mass is 10.1. The van der Waals surface area contributed by atoms with E-state index < -0.39 is 0 Å². The van der Waals surface area contributed by atoms with E-state index in [9.17, 15) is 0 Å². The second kappa shape index (κ2) is 9.09. The second-order valence-electron chi connectivity index (χ2n) is 4.90. The van der Waals surface area contributed by atoms with Crippen molar-refractivity contribution in [3.8, 4) is 0 Å². The van der Waals surface area contributed by atoms with Crippen LogP contribution >= 0.6 is 0 Å². The molecule has 0 saturated heterocycles. The van der Waals surface area contributed by atoms with Crippen LogP contribution in [0.3, 0.4) is 0 Å². The first-order valence-corrected chi connectivity index (χ1v) is 6.83. The molecule has 0 spiro atoms.